The minimum Gasteiger partial charge on any atom is -0.651 e. The van der Waals surface area contributed by atoms with Crippen molar-refractivity contribution in [3.63, 3.8) is 0 Å². The maximum Gasteiger partial charge on any atom is 3.00 e. The fraction of sp³-hybridized carbons (Fsp3) is 0.833. The number of nitrogens with zero attached hydrogens (tertiary/aromatic N) is 1. The molecule has 1 unspecified atom stereocenters. The Labute approximate surface area is 81.7 Å². The van der Waals surface area contributed by atoms with Crippen LogP contribution in [0.1, 0.15) is 27.2 Å². The molecule has 0 N–H and O–H groups in total. The zero-order valence-electron chi connectivity index (χ0n) is 6.22. The monoisotopic (exact) mass is 203 g/mol. The average Bonchev–Trinajstić information content (AvgIpc) is 1.65. The Kier molecular flexibility index (Phi) is 9.12. The Morgan fingerprint density at radius 1 is 1.67 bits per heavy atom. The van der Waals surface area contributed by atoms with Crippen molar-refractivity contribution in [3.8, 4) is 0 Å². The van der Waals surface area contributed by atoms with Crippen molar-refractivity contribution in [3.05, 3.63) is 5.32 Å². The number of rotatable bonds is 2. The third-order valence-corrected chi connectivity index (χ3v) is 0.993. The molecule has 0 aromatic carbocycles. The molecule has 1 atom stereocenters. The summed E-state index contributed by atoms with van der Waals surface area (Å²) in [7, 11) is 0. The second kappa shape index (κ2) is 6.69. The average molecular weight is 203 g/mol. The molecule has 0 rings (SSSR count). The zero-order valence-corrected chi connectivity index (χ0v) is 9.06. The van der Waals surface area contributed by atoms with E-state index in [-0.39, 0.29) is 44.7 Å². The molecule has 0 saturated carbocycles. The fourth-order valence-corrected chi connectivity index (χ4v) is 0.402. The van der Waals surface area contributed by atoms with Crippen LogP contribution in [0.5, 0.6) is 0 Å². The van der Waals surface area contributed by atoms with Crippen LogP contribution in [0.2, 0.25) is 0 Å². The van der Waals surface area contributed by atoms with E-state index in [0.29, 0.717) is 0 Å². The van der Waals surface area contributed by atoms with Gasteiger partial charge in [-0.2, -0.15) is 0 Å². The van der Waals surface area contributed by atoms with Crippen LogP contribution in [-0.2, 0) is 37.5 Å². The smallest absolute Gasteiger partial charge is 0.651 e. The van der Waals surface area contributed by atoms with Crippen LogP contribution in [-0.4, -0.2) is 11.9 Å². The summed E-state index contributed by atoms with van der Waals surface area (Å²) in [6.07, 6.45) is 0.944. The second-order valence-corrected chi connectivity index (χ2v) is 1.91. The van der Waals surface area contributed by atoms with E-state index in [9.17, 15) is 4.79 Å². The molecule has 0 radical (unpaired) electrons. The van der Waals surface area contributed by atoms with Crippen LogP contribution in [0, 0.1) is 0 Å². The molecule has 0 aliphatic rings. The molecule has 0 aromatic rings. The SMILES string of the molecule is CCC(C)[N-]C(C)=O.[Y+3]. The summed E-state index contributed by atoms with van der Waals surface area (Å²) in [6, 6.07) is 0.201. The van der Waals surface area contributed by atoms with E-state index in [1.54, 1.807) is 0 Å². The minimum atomic E-state index is -0.0700. The molecule has 0 aliphatic heterocycles. The molecule has 0 aliphatic carbocycles. The maximum atomic E-state index is 10.2. The molecule has 0 fully saturated rings. The van der Waals surface area contributed by atoms with Gasteiger partial charge in [0, 0.05) is 5.91 Å². The predicted octanol–water partition coefficient (Wildman–Crippen LogP) is 1.70. The van der Waals surface area contributed by atoms with E-state index in [4.69, 9.17) is 0 Å². The molecule has 0 heterocycles. The number of carbonyl (C=O) groups is 1. The van der Waals surface area contributed by atoms with E-state index in [1.165, 1.54) is 6.92 Å². The first-order chi connectivity index (χ1) is 3.66. The maximum absolute atomic E-state index is 10.2. The molecule has 48 valence electrons. The standard InChI is InChI=1S/C6H13NO.Y/c1-4-5(2)7-6(3)8;/h5H,4H2,1-3H3,(H,7,8);/q;+3/p-1. The molecule has 0 spiro atoms. The van der Waals surface area contributed by atoms with Gasteiger partial charge in [-0.3, -0.25) is 0 Å². The molecule has 3 heteroatoms. The fourth-order valence-electron chi connectivity index (χ4n) is 0.402. The predicted molar refractivity (Wildman–Crippen MR) is 33.8 cm³/mol. The summed E-state index contributed by atoms with van der Waals surface area (Å²) in [5.74, 6) is -0.0700. The van der Waals surface area contributed by atoms with Gasteiger partial charge in [-0.05, 0) is 6.92 Å². The first kappa shape index (κ1) is 12.3. The van der Waals surface area contributed by atoms with Gasteiger partial charge in [-0.25, -0.2) is 0 Å². The topological polar surface area (TPSA) is 31.2 Å². The van der Waals surface area contributed by atoms with Crippen LogP contribution in [0.25, 0.3) is 5.32 Å². The van der Waals surface area contributed by atoms with Crippen LogP contribution in [0.15, 0.2) is 0 Å². The van der Waals surface area contributed by atoms with E-state index in [0.717, 1.165) is 6.42 Å². The third kappa shape index (κ3) is 8.57. The number of amides is 1. The van der Waals surface area contributed by atoms with E-state index in [2.05, 4.69) is 5.32 Å². The third-order valence-electron chi connectivity index (χ3n) is 0.993. The number of carbonyl (C=O) groups excluding carboxylic acids is 1. The Balaban J connectivity index is 0. The molecule has 2 nitrogen and oxygen atoms in total. The van der Waals surface area contributed by atoms with Crippen molar-refractivity contribution in [1.82, 2.24) is 0 Å². The zero-order chi connectivity index (χ0) is 6.57. The molecular formula is C6H12NOY+2. The molecule has 1 amide bonds. The van der Waals surface area contributed by atoms with Crippen LogP contribution >= 0.6 is 0 Å². The van der Waals surface area contributed by atoms with Gasteiger partial charge in [0.1, 0.15) is 0 Å². The van der Waals surface area contributed by atoms with Gasteiger partial charge in [0.2, 0.25) is 0 Å². The van der Waals surface area contributed by atoms with E-state index in [1.807, 2.05) is 13.8 Å². The number of hydrogen-bond acceptors (Lipinski definition) is 1. The quantitative estimate of drug-likeness (QED) is 0.671. The summed E-state index contributed by atoms with van der Waals surface area (Å²) >= 11 is 0. The summed E-state index contributed by atoms with van der Waals surface area (Å²) in [4.78, 5) is 10.2. The van der Waals surface area contributed by atoms with Gasteiger partial charge in [-0.15, -0.1) is 6.04 Å². The Morgan fingerprint density at radius 3 is 2.22 bits per heavy atom. The normalized spacial score (nSPS) is 11.4. The van der Waals surface area contributed by atoms with Gasteiger partial charge >= 0.3 is 32.7 Å². The van der Waals surface area contributed by atoms with E-state index >= 15 is 0 Å². The van der Waals surface area contributed by atoms with Crippen molar-refractivity contribution in [2.75, 3.05) is 0 Å². The minimum absolute atomic E-state index is 0. The second-order valence-electron chi connectivity index (χ2n) is 1.91. The van der Waals surface area contributed by atoms with Crippen LogP contribution in [0.4, 0.5) is 0 Å². The van der Waals surface area contributed by atoms with Crippen molar-refractivity contribution in [1.29, 1.82) is 0 Å². The summed E-state index contributed by atoms with van der Waals surface area (Å²) < 4.78 is 0. The summed E-state index contributed by atoms with van der Waals surface area (Å²) in [5, 5.41) is 3.76. The van der Waals surface area contributed by atoms with Crippen molar-refractivity contribution in [2.45, 2.75) is 33.2 Å². The van der Waals surface area contributed by atoms with Crippen molar-refractivity contribution in [2.24, 2.45) is 0 Å². The van der Waals surface area contributed by atoms with Crippen molar-refractivity contribution >= 4 is 5.91 Å². The Hall–Kier alpha value is 0.574. The molecule has 0 aromatic heterocycles. The van der Waals surface area contributed by atoms with E-state index < -0.39 is 0 Å². The van der Waals surface area contributed by atoms with Gasteiger partial charge < -0.3 is 10.1 Å². The Bertz CT molecular complexity index is 85.1. The van der Waals surface area contributed by atoms with Crippen molar-refractivity contribution < 1.29 is 37.5 Å². The van der Waals surface area contributed by atoms with Crippen LogP contribution < -0.4 is 0 Å². The first-order valence-electron chi connectivity index (χ1n) is 2.88. The van der Waals surface area contributed by atoms with Gasteiger partial charge in [0.15, 0.2) is 0 Å². The summed E-state index contributed by atoms with van der Waals surface area (Å²) in [6.45, 7) is 5.42. The molecule has 0 saturated heterocycles. The van der Waals surface area contributed by atoms with Crippen LogP contribution in [0.3, 0.4) is 0 Å². The summed E-state index contributed by atoms with van der Waals surface area (Å²) in [5.41, 5.74) is 0. The number of hydrogen-bond donors (Lipinski definition) is 0. The van der Waals surface area contributed by atoms with Gasteiger partial charge in [-0.1, -0.05) is 20.3 Å². The largest absolute Gasteiger partial charge is 3.00 e. The Morgan fingerprint density at radius 2 is 2.11 bits per heavy atom. The molecule has 0 bridgehead atoms. The molecular weight excluding hydrogens is 191 g/mol. The van der Waals surface area contributed by atoms with Gasteiger partial charge in [0.25, 0.3) is 0 Å². The van der Waals surface area contributed by atoms with Gasteiger partial charge in [0.05, 0.1) is 0 Å². The first-order valence-corrected chi connectivity index (χ1v) is 2.88. The molecule has 9 heavy (non-hydrogen) atoms.